The third kappa shape index (κ3) is 4.03. The van der Waals surface area contributed by atoms with E-state index in [0.29, 0.717) is 22.3 Å². The molecule has 0 amide bonds. The second-order valence-electron chi connectivity index (χ2n) is 5.65. The largest absolute Gasteiger partial charge is 0.330 e. The third-order valence-electron chi connectivity index (χ3n) is 2.79. The lowest BCUT2D eigenvalue weighted by atomic mass is 9.93. The Hall–Kier alpha value is -0.960. The zero-order chi connectivity index (χ0) is 15.7. The molecule has 3 N–H and O–H groups in total. The van der Waals surface area contributed by atoms with Gasteiger partial charge in [0.1, 0.15) is 4.21 Å². The van der Waals surface area contributed by atoms with Gasteiger partial charge in [0.2, 0.25) is 0 Å². The van der Waals surface area contributed by atoms with Gasteiger partial charge in [0.25, 0.3) is 10.0 Å². The highest BCUT2D eigenvalue weighted by atomic mass is 32.2. The minimum atomic E-state index is -3.57. The molecule has 0 saturated carbocycles. The minimum Gasteiger partial charge on any atom is -0.330 e. The van der Waals surface area contributed by atoms with Gasteiger partial charge in [-0.2, -0.15) is 0 Å². The Morgan fingerprint density at radius 3 is 2.62 bits per heavy atom. The lowest BCUT2D eigenvalue weighted by molar-refractivity contribution is 0.573. The van der Waals surface area contributed by atoms with Crippen LogP contribution in [0.15, 0.2) is 21.7 Å². The zero-order valence-electron chi connectivity index (χ0n) is 12.2. The van der Waals surface area contributed by atoms with Crippen LogP contribution in [-0.2, 0) is 21.9 Å². The van der Waals surface area contributed by atoms with E-state index in [0.717, 1.165) is 10.6 Å². The van der Waals surface area contributed by atoms with Crippen LogP contribution in [0.2, 0.25) is 0 Å². The highest BCUT2D eigenvalue weighted by Gasteiger charge is 2.21. The molecule has 0 aromatic carbocycles. The van der Waals surface area contributed by atoms with E-state index in [1.54, 1.807) is 12.1 Å². The topological polar surface area (TPSA) is 85.1 Å². The molecular formula is C13H19N3O2S3. The van der Waals surface area contributed by atoms with Crippen molar-refractivity contribution in [3.8, 4) is 0 Å². The van der Waals surface area contributed by atoms with Gasteiger partial charge in [0.05, 0.1) is 5.69 Å². The molecule has 8 heteroatoms. The number of nitrogens with two attached hydrogens (primary N) is 1. The van der Waals surface area contributed by atoms with Crippen molar-refractivity contribution in [2.75, 3.05) is 11.3 Å². The zero-order valence-corrected chi connectivity index (χ0v) is 14.7. The molecule has 5 nitrogen and oxygen atoms in total. The predicted molar refractivity (Wildman–Crippen MR) is 88.7 cm³/mol. The highest BCUT2D eigenvalue weighted by Crippen LogP contribution is 2.29. The lowest BCUT2D eigenvalue weighted by Crippen LogP contribution is -2.14. The third-order valence-corrected chi connectivity index (χ3v) is 6.65. The fourth-order valence-electron chi connectivity index (χ4n) is 1.61. The number of thiazole rings is 1. The summed E-state index contributed by atoms with van der Waals surface area (Å²) in [4.78, 5) is 5.31. The molecule has 0 aliphatic heterocycles. The van der Waals surface area contributed by atoms with Crippen LogP contribution in [0.4, 0.5) is 5.13 Å². The molecule has 0 radical (unpaired) electrons. The average molecular weight is 346 g/mol. The minimum absolute atomic E-state index is 0.0998. The van der Waals surface area contributed by atoms with Crippen molar-refractivity contribution in [3.63, 3.8) is 0 Å². The van der Waals surface area contributed by atoms with Gasteiger partial charge in [-0.25, -0.2) is 13.4 Å². The molecule has 2 rings (SSSR count). The molecule has 2 heterocycles. The van der Waals surface area contributed by atoms with Crippen LogP contribution in [0.1, 0.15) is 31.3 Å². The molecule has 0 atom stereocenters. The molecule has 2 aromatic heterocycles. The second kappa shape index (κ2) is 6.04. The SMILES string of the molecule is CC(C)(C)c1csc(NS(=O)(=O)c2ccc(CCN)s2)n1. The average Bonchev–Trinajstić information content (AvgIpc) is 2.97. The standard InChI is InChI=1S/C13H19N3O2S3/c1-13(2,3)10-8-19-12(15-10)16-21(17,18)11-5-4-9(20-11)6-7-14/h4-5,8H,6-7,14H2,1-3H3,(H,15,16). The normalized spacial score (nSPS) is 12.6. The number of hydrogen-bond acceptors (Lipinski definition) is 6. The van der Waals surface area contributed by atoms with E-state index < -0.39 is 10.0 Å². The summed E-state index contributed by atoms with van der Waals surface area (Å²) in [6.07, 6.45) is 0.686. The summed E-state index contributed by atoms with van der Waals surface area (Å²) in [5, 5.41) is 2.28. The van der Waals surface area contributed by atoms with Gasteiger partial charge in [0, 0.05) is 15.7 Å². The molecule has 0 fully saturated rings. The Labute approximate surface area is 133 Å². The molecule has 21 heavy (non-hydrogen) atoms. The Balaban J connectivity index is 2.18. The van der Waals surface area contributed by atoms with Crippen LogP contribution in [0, 0.1) is 0 Å². The van der Waals surface area contributed by atoms with Crippen molar-refractivity contribution in [1.29, 1.82) is 0 Å². The van der Waals surface area contributed by atoms with Gasteiger partial charge < -0.3 is 5.73 Å². The van der Waals surface area contributed by atoms with Crippen LogP contribution in [0.3, 0.4) is 0 Å². The number of sulfonamides is 1. The highest BCUT2D eigenvalue weighted by molar-refractivity contribution is 7.94. The van der Waals surface area contributed by atoms with Crippen molar-refractivity contribution in [1.82, 2.24) is 4.98 Å². The quantitative estimate of drug-likeness (QED) is 0.872. The van der Waals surface area contributed by atoms with Crippen molar-refractivity contribution in [2.24, 2.45) is 5.73 Å². The van der Waals surface area contributed by atoms with Crippen LogP contribution < -0.4 is 10.5 Å². The molecular weight excluding hydrogens is 326 g/mol. The number of thiophene rings is 1. The van der Waals surface area contributed by atoms with E-state index in [-0.39, 0.29) is 5.41 Å². The van der Waals surface area contributed by atoms with Gasteiger partial charge in [-0.1, -0.05) is 20.8 Å². The molecule has 0 saturated heterocycles. The van der Waals surface area contributed by atoms with Crippen molar-refractivity contribution in [3.05, 3.63) is 28.1 Å². The number of aromatic nitrogens is 1. The Kier molecular flexibility index (Phi) is 4.72. The van der Waals surface area contributed by atoms with E-state index in [9.17, 15) is 8.42 Å². The van der Waals surface area contributed by atoms with Crippen molar-refractivity contribution < 1.29 is 8.42 Å². The van der Waals surface area contributed by atoms with Crippen molar-refractivity contribution >= 4 is 37.8 Å². The summed E-state index contributed by atoms with van der Waals surface area (Å²) < 4.78 is 27.5. The number of anilines is 1. The first-order chi connectivity index (χ1) is 9.72. The number of hydrogen-bond donors (Lipinski definition) is 2. The van der Waals surface area contributed by atoms with Crippen LogP contribution in [0.25, 0.3) is 0 Å². The van der Waals surface area contributed by atoms with Gasteiger partial charge in [-0.15, -0.1) is 22.7 Å². The molecule has 0 spiro atoms. The van der Waals surface area contributed by atoms with Crippen LogP contribution in [-0.4, -0.2) is 19.9 Å². The fourth-order valence-corrected chi connectivity index (χ4v) is 5.17. The van der Waals surface area contributed by atoms with E-state index in [1.807, 2.05) is 26.2 Å². The number of rotatable bonds is 5. The molecule has 0 bridgehead atoms. The van der Waals surface area contributed by atoms with Crippen LogP contribution >= 0.6 is 22.7 Å². The summed E-state index contributed by atoms with van der Waals surface area (Å²) in [5.74, 6) is 0. The summed E-state index contributed by atoms with van der Waals surface area (Å²) in [6, 6.07) is 3.41. The van der Waals surface area contributed by atoms with Crippen molar-refractivity contribution in [2.45, 2.75) is 36.8 Å². The summed E-state index contributed by atoms with van der Waals surface area (Å²) in [6.45, 7) is 6.63. The first-order valence-corrected chi connectivity index (χ1v) is 9.68. The van der Waals surface area contributed by atoms with Gasteiger partial charge in [0.15, 0.2) is 5.13 Å². The first-order valence-electron chi connectivity index (χ1n) is 6.50. The monoisotopic (exact) mass is 345 g/mol. The maximum Gasteiger partial charge on any atom is 0.273 e. The maximum absolute atomic E-state index is 12.3. The van der Waals surface area contributed by atoms with E-state index in [2.05, 4.69) is 9.71 Å². The van der Waals surface area contributed by atoms with E-state index in [1.165, 1.54) is 22.7 Å². The summed E-state index contributed by atoms with van der Waals surface area (Å²) in [7, 11) is -3.57. The molecule has 2 aromatic rings. The molecule has 0 aliphatic carbocycles. The van der Waals surface area contributed by atoms with Gasteiger partial charge >= 0.3 is 0 Å². The summed E-state index contributed by atoms with van der Waals surface area (Å²) >= 11 is 2.54. The lowest BCUT2D eigenvalue weighted by Gasteiger charge is -2.14. The summed E-state index contributed by atoms with van der Waals surface area (Å²) in [5.41, 5.74) is 6.25. The molecule has 0 aliphatic rings. The second-order valence-corrected chi connectivity index (χ2v) is 9.59. The molecule has 0 unspecified atom stereocenters. The van der Waals surface area contributed by atoms with E-state index in [4.69, 9.17) is 5.73 Å². The van der Waals surface area contributed by atoms with Gasteiger partial charge in [-0.05, 0) is 25.1 Å². The Bertz CT molecular complexity index is 711. The number of nitrogens with one attached hydrogen (secondary N) is 1. The molecule has 116 valence electrons. The van der Waals surface area contributed by atoms with Crippen LogP contribution in [0.5, 0.6) is 0 Å². The maximum atomic E-state index is 12.3. The first kappa shape index (κ1) is 16.4. The fraction of sp³-hybridized carbons (Fsp3) is 0.462. The Morgan fingerprint density at radius 1 is 1.33 bits per heavy atom. The number of nitrogens with zero attached hydrogens (tertiary/aromatic N) is 1. The van der Waals surface area contributed by atoms with Gasteiger partial charge in [-0.3, -0.25) is 4.72 Å². The Morgan fingerprint density at radius 2 is 2.05 bits per heavy atom. The smallest absolute Gasteiger partial charge is 0.273 e. The predicted octanol–water partition coefficient (Wildman–Crippen LogP) is 2.80. The van der Waals surface area contributed by atoms with E-state index >= 15 is 0 Å².